The number of fused-ring (bicyclic) bond motifs is 1. The Kier molecular flexibility index (Phi) is 7.24. The maximum absolute atomic E-state index is 6.32. The summed E-state index contributed by atoms with van der Waals surface area (Å²) in [5.74, 6) is 0.904. The molecule has 4 aromatic rings. The van der Waals surface area contributed by atoms with Gasteiger partial charge in [-0.3, -0.25) is 0 Å². The van der Waals surface area contributed by atoms with Crippen LogP contribution in [0.4, 0.5) is 0 Å². The molecule has 1 atom stereocenters. The highest BCUT2D eigenvalue weighted by Crippen LogP contribution is 2.29. The van der Waals surface area contributed by atoms with Gasteiger partial charge in [0.15, 0.2) is 0 Å². The van der Waals surface area contributed by atoms with Gasteiger partial charge in [-0.1, -0.05) is 90.5 Å². The third-order valence-corrected chi connectivity index (χ3v) is 6.04. The van der Waals surface area contributed by atoms with Crippen LogP contribution in [0.15, 0.2) is 91.0 Å². The molecular formula is C28H28ClNO. The Labute approximate surface area is 189 Å². The topological polar surface area (TPSA) is 21.3 Å². The van der Waals surface area contributed by atoms with Crippen molar-refractivity contribution < 1.29 is 4.74 Å². The molecule has 0 fully saturated rings. The van der Waals surface area contributed by atoms with Crippen LogP contribution in [-0.4, -0.2) is 6.04 Å². The maximum atomic E-state index is 6.32. The lowest BCUT2D eigenvalue weighted by molar-refractivity contribution is 0.302. The molecule has 31 heavy (non-hydrogen) atoms. The van der Waals surface area contributed by atoms with Crippen LogP contribution in [0, 0.1) is 0 Å². The van der Waals surface area contributed by atoms with Crippen molar-refractivity contribution in [3.63, 3.8) is 0 Å². The van der Waals surface area contributed by atoms with E-state index in [9.17, 15) is 0 Å². The molecule has 1 unspecified atom stereocenters. The van der Waals surface area contributed by atoms with Crippen LogP contribution in [0.1, 0.15) is 30.0 Å². The minimum Gasteiger partial charge on any atom is -0.488 e. The Morgan fingerprint density at radius 3 is 2.42 bits per heavy atom. The fourth-order valence-corrected chi connectivity index (χ4v) is 4.00. The van der Waals surface area contributed by atoms with Crippen molar-refractivity contribution in [1.82, 2.24) is 5.32 Å². The summed E-state index contributed by atoms with van der Waals surface area (Å²) in [5, 5.41) is 6.89. The van der Waals surface area contributed by atoms with Gasteiger partial charge in [-0.2, -0.15) is 0 Å². The molecule has 0 saturated carbocycles. The molecule has 0 radical (unpaired) electrons. The van der Waals surface area contributed by atoms with Crippen molar-refractivity contribution in [1.29, 1.82) is 0 Å². The van der Waals surface area contributed by atoms with Crippen molar-refractivity contribution in [2.45, 2.75) is 39.0 Å². The van der Waals surface area contributed by atoms with Gasteiger partial charge in [-0.05, 0) is 48.2 Å². The van der Waals surface area contributed by atoms with Crippen molar-refractivity contribution in [2.75, 3.05) is 0 Å². The zero-order valence-corrected chi connectivity index (χ0v) is 18.6. The second-order valence-corrected chi connectivity index (χ2v) is 8.36. The molecule has 0 bridgehead atoms. The molecule has 0 aliphatic heterocycles. The van der Waals surface area contributed by atoms with E-state index in [1.165, 1.54) is 21.9 Å². The van der Waals surface area contributed by atoms with Gasteiger partial charge in [0.25, 0.3) is 0 Å². The highest BCUT2D eigenvalue weighted by Gasteiger charge is 2.12. The van der Waals surface area contributed by atoms with E-state index in [-0.39, 0.29) is 0 Å². The van der Waals surface area contributed by atoms with Gasteiger partial charge in [-0.15, -0.1) is 0 Å². The normalized spacial score (nSPS) is 12.1. The molecule has 2 nitrogen and oxygen atoms in total. The molecule has 0 amide bonds. The Morgan fingerprint density at radius 1 is 0.839 bits per heavy atom. The quantitative estimate of drug-likeness (QED) is 0.304. The van der Waals surface area contributed by atoms with E-state index in [1.807, 2.05) is 24.3 Å². The summed E-state index contributed by atoms with van der Waals surface area (Å²) in [4.78, 5) is 0. The van der Waals surface area contributed by atoms with Crippen LogP contribution >= 0.6 is 11.6 Å². The molecule has 4 rings (SSSR count). The number of benzene rings is 4. The summed E-state index contributed by atoms with van der Waals surface area (Å²) in [7, 11) is 0. The number of halogens is 1. The Morgan fingerprint density at radius 2 is 1.58 bits per heavy atom. The number of nitrogens with one attached hydrogen (secondary N) is 1. The van der Waals surface area contributed by atoms with Gasteiger partial charge in [0.1, 0.15) is 12.4 Å². The Balaban J connectivity index is 1.48. The minimum atomic E-state index is 0.399. The molecule has 158 valence electrons. The first kappa shape index (κ1) is 21.4. The summed E-state index contributed by atoms with van der Waals surface area (Å²) < 4.78 is 6.25. The van der Waals surface area contributed by atoms with Crippen LogP contribution in [0.2, 0.25) is 5.02 Å². The lowest BCUT2D eigenvalue weighted by Crippen LogP contribution is -2.26. The van der Waals surface area contributed by atoms with Crippen LogP contribution in [0.3, 0.4) is 0 Å². The average molecular weight is 430 g/mol. The third kappa shape index (κ3) is 5.66. The van der Waals surface area contributed by atoms with Crippen LogP contribution in [0.5, 0.6) is 5.75 Å². The van der Waals surface area contributed by atoms with Gasteiger partial charge >= 0.3 is 0 Å². The number of aryl methyl sites for hydroxylation is 1. The highest BCUT2D eigenvalue weighted by molar-refractivity contribution is 6.31. The molecule has 4 aromatic carbocycles. The molecule has 0 heterocycles. The first-order chi connectivity index (χ1) is 15.2. The molecule has 0 aliphatic carbocycles. The smallest absolute Gasteiger partial charge is 0.124 e. The predicted octanol–water partition coefficient (Wildman–Crippen LogP) is 7.18. The van der Waals surface area contributed by atoms with E-state index in [2.05, 4.69) is 79.0 Å². The molecule has 0 spiro atoms. The zero-order chi connectivity index (χ0) is 21.5. The van der Waals surface area contributed by atoms with Gasteiger partial charge in [0.05, 0.1) is 0 Å². The van der Waals surface area contributed by atoms with Crippen LogP contribution in [0.25, 0.3) is 10.8 Å². The summed E-state index contributed by atoms with van der Waals surface area (Å²) >= 11 is 6.32. The monoisotopic (exact) mass is 429 g/mol. The zero-order valence-electron chi connectivity index (χ0n) is 17.9. The number of hydrogen-bond donors (Lipinski definition) is 1. The second-order valence-electron chi connectivity index (χ2n) is 7.95. The van der Waals surface area contributed by atoms with E-state index in [1.54, 1.807) is 0 Å². The second kappa shape index (κ2) is 10.5. The maximum Gasteiger partial charge on any atom is 0.124 e. The van der Waals surface area contributed by atoms with Gasteiger partial charge < -0.3 is 10.1 Å². The van der Waals surface area contributed by atoms with Gasteiger partial charge in [0.2, 0.25) is 0 Å². The summed E-state index contributed by atoms with van der Waals surface area (Å²) in [6.45, 7) is 3.46. The number of hydrogen-bond acceptors (Lipinski definition) is 2. The van der Waals surface area contributed by atoms with E-state index in [0.717, 1.165) is 35.7 Å². The summed E-state index contributed by atoms with van der Waals surface area (Å²) in [6.07, 6.45) is 2.16. The molecular weight excluding hydrogens is 402 g/mol. The Hall–Kier alpha value is -2.81. The fraction of sp³-hybridized carbons (Fsp3) is 0.214. The van der Waals surface area contributed by atoms with Crippen molar-refractivity contribution >= 4 is 22.4 Å². The first-order valence-corrected chi connectivity index (χ1v) is 11.2. The van der Waals surface area contributed by atoms with E-state index < -0.39 is 0 Å². The Bertz CT molecular complexity index is 1130. The molecule has 0 aliphatic rings. The van der Waals surface area contributed by atoms with Crippen LogP contribution in [-0.2, 0) is 19.6 Å². The summed E-state index contributed by atoms with van der Waals surface area (Å²) in [6, 6.07) is 31.6. The minimum absolute atomic E-state index is 0.399. The SMILES string of the molecule is CC(CCc1ccccc1)NCc1c(OCc2ccccc2Cl)ccc2ccccc12. The van der Waals surface area contributed by atoms with E-state index in [4.69, 9.17) is 16.3 Å². The largest absolute Gasteiger partial charge is 0.488 e. The molecule has 0 aromatic heterocycles. The number of ether oxygens (including phenoxy) is 1. The van der Waals surface area contributed by atoms with Crippen LogP contribution < -0.4 is 10.1 Å². The molecule has 1 N–H and O–H groups in total. The fourth-order valence-electron chi connectivity index (χ4n) is 3.81. The lowest BCUT2D eigenvalue weighted by atomic mass is 10.0. The van der Waals surface area contributed by atoms with E-state index >= 15 is 0 Å². The predicted molar refractivity (Wildman–Crippen MR) is 131 cm³/mol. The molecule has 0 saturated heterocycles. The van der Waals surface area contributed by atoms with Gasteiger partial charge in [-0.25, -0.2) is 0 Å². The van der Waals surface area contributed by atoms with Crippen molar-refractivity contribution in [3.8, 4) is 5.75 Å². The van der Waals surface area contributed by atoms with Crippen molar-refractivity contribution in [3.05, 3.63) is 113 Å². The summed E-state index contributed by atoms with van der Waals surface area (Å²) in [5.41, 5.74) is 3.56. The van der Waals surface area contributed by atoms with E-state index in [0.29, 0.717) is 12.6 Å². The average Bonchev–Trinajstić information content (AvgIpc) is 2.81. The molecule has 3 heteroatoms. The standard InChI is InChI=1S/C28H28ClNO/c1-21(15-16-22-9-3-2-4-10-22)30-19-26-25-13-7-5-11-23(25)17-18-28(26)31-20-24-12-6-8-14-27(24)29/h2-14,17-18,21,30H,15-16,19-20H2,1H3. The highest BCUT2D eigenvalue weighted by atomic mass is 35.5. The number of rotatable bonds is 9. The first-order valence-electron chi connectivity index (χ1n) is 10.8. The lowest BCUT2D eigenvalue weighted by Gasteiger charge is -2.18. The van der Waals surface area contributed by atoms with Gasteiger partial charge in [0, 0.05) is 28.7 Å². The third-order valence-electron chi connectivity index (χ3n) is 5.67. The van der Waals surface area contributed by atoms with Crippen molar-refractivity contribution in [2.24, 2.45) is 0 Å².